The number of rotatable bonds is 1. The Morgan fingerprint density at radius 1 is 1.00 bits per heavy atom. The Kier molecular flexibility index (Phi) is 3.51. The number of carbonyl (C=O) groups excluding carboxylic acids is 1. The Bertz CT molecular complexity index is 558. The van der Waals surface area contributed by atoms with E-state index in [4.69, 9.17) is 0 Å². The second-order valence-electron chi connectivity index (χ2n) is 5.92. The molecule has 1 heterocycles. The highest BCUT2D eigenvalue weighted by Crippen LogP contribution is 2.36. The lowest BCUT2D eigenvalue weighted by atomic mass is 10.0. The standard InChI is InChI=1S/C17H22N2O/c1-12-3-6-16(11-13(12)2)18-17(20)19-9-7-15(8-10-19)14-4-5-14/h3,6,11H,4-5,7-10H2,1-2H3,(H,18,20). The van der Waals surface area contributed by atoms with Crippen LogP contribution >= 0.6 is 0 Å². The van der Waals surface area contributed by atoms with Gasteiger partial charge in [0, 0.05) is 18.8 Å². The molecule has 1 saturated heterocycles. The summed E-state index contributed by atoms with van der Waals surface area (Å²) in [5.74, 6) is 0. The second-order valence-corrected chi connectivity index (χ2v) is 5.92. The first-order valence-electron chi connectivity index (χ1n) is 7.46. The van der Waals surface area contributed by atoms with Gasteiger partial charge in [0.2, 0.25) is 0 Å². The quantitative estimate of drug-likeness (QED) is 0.768. The minimum Gasteiger partial charge on any atom is -0.324 e. The molecule has 2 aliphatic rings. The van der Waals surface area contributed by atoms with Crippen molar-refractivity contribution in [2.24, 2.45) is 0 Å². The van der Waals surface area contributed by atoms with Crippen LogP contribution in [0.25, 0.3) is 0 Å². The molecule has 106 valence electrons. The number of urea groups is 1. The van der Waals surface area contributed by atoms with Crippen molar-refractivity contribution in [1.82, 2.24) is 4.90 Å². The summed E-state index contributed by atoms with van der Waals surface area (Å²) in [5.41, 5.74) is 6.62. The van der Waals surface area contributed by atoms with Crippen LogP contribution in [-0.2, 0) is 0 Å². The van der Waals surface area contributed by atoms with E-state index in [2.05, 4.69) is 25.2 Å². The van der Waals surface area contributed by atoms with Gasteiger partial charge in [-0.25, -0.2) is 4.79 Å². The molecule has 1 aliphatic heterocycles. The first-order chi connectivity index (χ1) is 9.63. The van der Waals surface area contributed by atoms with Crippen LogP contribution < -0.4 is 5.32 Å². The zero-order valence-electron chi connectivity index (χ0n) is 12.3. The van der Waals surface area contributed by atoms with E-state index in [1.807, 2.05) is 17.0 Å². The van der Waals surface area contributed by atoms with Crippen molar-refractivity contribution in [3.8, 4) is 0 Å². The first kappa shape index (κ1) is 13.2. The second kappa shape index (κ2) is 5.31. The number of anilines is 1. The van der Waals surface area contributed by atoms with E-state index < -0.39 is 0 Å². The number of nitrogens with one attached hydrogen (secondary N) is 1. The van der Waals surface area contributed by atoms with Gasteiger partial charge in [-0.15, -0.1) is 0 Å². The SMILES string of the molecule is Cc1ccc(NC(=O)N2CCC(=C3CC3)CC2)cc1C. The van der Waals surface area contributed by atoms with Gasteiger partial charge >= 0.3 is 6.03 Å². The van der Waals surface area contributed by atoms with Crippen molar-refractivity contribution in [3.05, 3.63) is 40.5 Å². The van der Waals surface area contributed by atoms with Gasteiger partial charge in [0.25, 0.3) is 0 Å². The number of benzene rings is 1. The molecule has 1 aromatic rings. The Morgan fingerprint density at radius 3 is 2.25 bits per heavy atom. The summed E-state index contributed by atoms with van der Waals surface area (Å²) in [4.78, 5) is 14.2. The molecule has 0 spiro atoms. The average Bonchev–Trinajstić information content (AvgIpc) is 3.28. The molecular formula is C17H22N2O. The van der Waals surface area contributed by atoms with Gasteiger partial charge in [-0.05, 0) is 62.8 Å². The largest absolute Gasteiger partial charge is 0.324 e. The number of likely N-dealkylation sites (tertiary alicyclic amines) is 1. The van der Waals surface area contributed by atoms with Crippen molar-refractivity contribution < 1.29 is 4.79 Å². The maximum atomic E-state index is 12.3. The van der Waals surface area contributed by atoms with E-state index in [-0.39, 0.29) is 6.03 Å². The molecule has 0 atom stereocenters. The van der Waals surface area contributed by atoms with E-state index in [0.717, 1.165) is 31.6 Å². The molecule has 20 heavy (non-hydrogen) atoms. The molecule has 1 aliphatic carbocycles. The van der Waals surface area contributed by atoms with Crippen LogP contribution in [0.4, 0.5) is 10.5 Å². The van der Waals surface area contributed by atoms with Gasteiger partial charge in [-0.3, -0.25) is 0 Å². The summed E-state index contributed by atoms with van der Waals surface area (Å²) in [6.45, 7) is 5.86. The smallest absolute Gasteiger partial charge is 0.321 e. The fraction of sp³-hybridized carbons (Fsp3) is 0.471. The number of hydrogen-bond acceptors (Lipinski definition) is 1. The van der Waals surface area contributed by atoms with E-state index >= 15 is 0 Å². The molecular weight excluding hydrogens is 248 g/mol. The maximum absolute atomic E-state index is 12.3. The predicted octanol–water partition coefficient (Wildman–Crippen LogP) is 4.02. The van der Waals surface area contributed by atoms with Crippen molar-refractivity contribution in [2.75, 3.05) is 18.4 Å². The minimum atomic E-state index is 0.0353. The number of aryl methyl sites for hydroxylation is 2. The van der Waals surface area contributed by atoms with Gasteiger partial charge in [-0.2, -0.15) is 0 Å². The molecule has 1 aromatic carbocycles. The van der Waals surface area contributed by atoms with Crippen molar-refractivity contribution in [2.45, 2.75) is 39.5 Å². The maximum Gasteiger partial charge on any atom is 0.321 e. The average molecular weight is 270 g/mol. The topological polar surface area (TPSA) is 32.3 Å². The highest BCUT2D eigenvalue weighted by Gasteiger charge is 2.24. The Morgan fingerprint density at radius 2 is 1.65 bits per heavy atom. The third-order valence-corrected chi connectivity index (χ3v) is 4.41. The molecule has 3 rings (SSSR count). The Labute approximate surface area is 120 Å². The summed E-state index contributed by atoms with van der Waals surface area (Å²) in [7, 11) is 0. The fourth-order valence-corrected chi connectivity index (χ4v) is 2.77. The number of hydrogen-bond donors (Lipinski definition) is 1. The zero-order chi connectivity index (χ0) is 14.1. The zero-order valence-corrected chi connectivity index (χ0v) is 12.3. The third kappa shape index (κ3) is 2.87. The van der Waals surface area contributed by atoms with Crippen LogP contribution in [0.2, 0.25) is 0 Å². The molecule has 2 amide bonds. The van der Waals surface area contributed by atoms with Gasteiger partial charge in [0.15, 0.2) is 0 Å². The Balaban J connectivity index is 1.59. The Hall–Kier alpha value is -1.77. The van der Waals surface area contributed by atoms with Gasteiger partial charge in [0.05, 0.1) is 0 Å². The molecule has 0 bridgehead atoms. The van der Waals surface area contributed by atoms with Crippen LogP contribution in [0.3, 0.4) is 0 Å². The molecule has 0 radical (unpaired) electrons. The van der Waals surface area contributed by atoms with Crippen LogP contribution in [0, 0.1) is 13.8 Å². The monoisotopic (exact) mass is 270 g/mol. The molecule has 2 fully saturated rings. The summed E-state index contributed by atoms with van der Waals surface area (Å²) in [6.07, 6.45) is 4.72. The summed E-state index contributed by atoms with van der Waals surface area (Å²) < 4.78 is 0. The summed E-state index contributed by atoms with van der Waals surface area (Å²) in [6, 6.07) is 6.10. The van der Waals surface area contributed by atoms with Gasteiger partial charge < -0.3 is 10.2 Å². The van der Waals surface area contributed by atoms with Crippen LogP contribution in [0.1, 0.15) is 36.8 Å². The number of amides is 2. The van der Waals surface area contributed by atoms with E-state index in [1.54, 1.807) is 11.1 Å². The normalized spacial score (nSPS) is 18.2. The fourth-order valence-electron chi connectivity index (χ4n) is 2.77. The van der Waals surface area contributed by atoms with E-state index in [0.29, 0.717) is 0 Å². The number of piperidine rings is 1. The van der Waals surface area contributed by atoms with E-state index in [9.17, 15) is 4.79 Å². The molecule has 0 aromatic heterocycles. The van der Waals surface area contributed by atoms with Crippen LogP contribution in [0.15, 0.2) is 29.3 Å². The number of allylic oxidation sites excluding steroid dienone is 1. The minimum absolute atomic E-state index is 0.0353. The summed E-state index contributed by atoms with van der Waals surface area (Å²) >= 11 is 0. The van der Waals surface area contributed by atoms with Crippen molar-refractivity contribution in [1.29, 1.82) is 0 Å². The number of nitrogens with zero attached hydrogens (tertiary/aromatic N) is 1. The van der Waals surface area contributed by atoms with Crippen LogP contribution in [0.5, 0.6) is 0 Å². The highest BCUT2D eigenvalue weighted by molar-refractivity contribution is 5.89. The molecule has 3 nitrogen and oxygen atoms in total. The van der Waals surface area contributed by atoms with Crippen molar-refractivity contribution in [3.63, 3.8) is 0 Å². The van der Waals surface area contributed by atoms with E-state index in [1.165, 1.54) is 24.0 Å². The van der Waals surface area contributed by atoms with Crippen LogP contribution in [-0.4, -0.2) is 24.0 Å². The molecule has 1 N–H and O–H groups in total. The lowest BCUT2D eigenvalue weighted by molar-refractivity contribution is 0.207. The summed E-state index contributed by atoms with van der Waals surface area (Å²) in [5, 5.41) is 3.01. The lowest BCUT2D eigenvalue weighted by Crippen LogP contribution is -2.39. The lowest BCUT2D eigenvalue weighted by Gasteiger charge is -2.28. The van der Waals surface area contributed by atoms with Crippen molar-refractivity contribution >= 4 is 11.7 Å². The first-order valence-corrected chi connectivity index (χ1v) is 7.46. The highest BCUT2D eigenvalue weighted by atomic mass is 16.2. The number of carbonyl (C=O) groups is 1. The third-order valence-electron chi connectivity index (χ3n) is 4.41. The molecule has 1 saturated carbocycles. The molecule has 3 heteroatoms. The van der Waals surface area contributed by atoms with Gasteiger partial charge in [-0.1, -0.05) is 17.2 Å². The van der Waals surface area contributed by atoms with Gasteiger partial charge in [0.1, 0.15) is 0 Å². The predicted molar refractivity (Wildman–Crippen MR) is 82.0 cm³/mol. The molecule has 0 unspecified atom stereocenters.